The Balaban J connectivity index is 1.58. The lowest BCUT2D eigenvalue weighted by Crippen LogP contribution is -2.44. The summed E-state index contributed by atoms with van der Waals surface area (Å²) in [6.07, 6.45) is 0. The topological polar surface area (TPSA) is 131 Å². The van der Waals surface area contributed by atoms with Gasteiger partial charge >= 0.3 is 0 Å². The van der Waals surface area contributed by atoms with E-state index in [4.69, 9.17) is 21.1 Å². The van der Waals surface area contributed by atoms with E-state index in [1.54, 1.807) is 12.1 Å². The van der Waals surface area contributed by atoms with Crippen molar-refractivity contribution in [2.75, 3.05) is 33.4 Å². The van der Waals surface area contributed by atoms with Crippen molar-refractivity contribution in [1.29, 1.82) is 0 Å². The predicted molar refractivity (Wildman–Crippen MR) is 126 cm³/mol. The molecule has 3 rings (SSSR count). The van der Waals surface area contributed by atoms with E-state index in [0.29, 0.717) is 37.6 Å². The average Bonchev–Trinajstić information content (AvgIpc) is 2.83. The van der Waals surface area contributed by atoms with Gasteiger partial charge in [0.25, 0.3) is 0 Å². The van der Waals surface area contributed by atoms with Gasteiger partial charge in [-0.1, -0.05) is 23.7 Å². The van der Waals surface area contributed by atoms with Crippen molar-refractivity contribution >= 4 is 37.6 Å². The molecule has 186 valence electrons. The number of hydrogen-bond acceptors (Lipinski definition) is 7. The van der Waals surface area contributed by atoms with Crippen LogP contribution in [0.5, 0.6) is 5.75 Å². The first-order valence-corrected chi connectivity index (χ1v) is 13.6. The first-order chi connectivity index (χ1) is 16.0. The molecule has 0 spiro atoms. The van der Waals surface area contributed by atoms with Gasteiger partial charge in [-0.05, 0) is 42.8 Å². The van der Waals surface area contributed by atoms with Crippen molar-refractivity contribution in [2.24, 2.45) is 0 Å². The molecular formula is C21H26ClN3O7S2. The van der Waals surface area contributed by atoms with Crippen molar-refractivity contribution in [1.82, 2.24) is 14.3 Å². The number of sulfonamides is 2. The van der Waals surface area contributed by atoms with E-state index in [1.807, 2.05) is 0 Å². The van der Waals surface area contributed by atoms with Crippen molar-refractivity contribution in [3.8, 4) is 5.75 Å². The van der Waals surface area contributed by atoms with Gasteiger partial charge in [-0.25, -0.2) is 16.8 Å². The number of methoxy groups -OCH3 is 1. The van der Waals surface area contributed by atoms with E-state index in [9.17, 15) is 21.6 Å². The summed E-state index contributed by atoms with van der Waals surface area (Å²) < 4.78 is 64.4. The molecule has 1 aliphatic heterocycles. The fourth-order valence-corrected chi connectivity index (χ4v) is 6.19. The van der Waals surface area contributed by atoms with E-state index in [1.165, 1.54) is 48.7 Å². The molecule has 0 aromatic heterocycles. The standard InChI is InChI=1S/C21H26ClN3O7S2/c1-15(24-33(27,28)18-7-8-20(31-2)19(22)13-18)21(26)23-14-16-3-5-17(6-4-16)34(29,30)25-9-11-32-12-10-25/h3-8,13,15,24H,9-12,14H2,1-2H3,(H,23,26)/t15-/m1/s1. The minimum atomic E-state index is -4.00. The number of halogens is 1. The Hall–Kier alpha value is -2.22. The Morgan fingerprint density at radius 2 is 1.71 bits per heavy atom. The van der Waals surface area contributed by atoms with E-state index >= 15 is 0 Å². The molecule has 1 aliphatic rings. The largest absolute Gasteiger partial charge is 0.495 e. The molecule has 1 fully saturated rings. The molecule has 1 atom stereocenters. The highest BCUT2D eigenvalue weighted by atomic mass is 35.5. The second-order valence-corrected chi connectivity index (χ2v) is 11.6. The molecule has 0 saturated carbocycles. The molecule has 0 unspecified atom stereocenters. The third-order valence-corrected chi connectivity index (χ3v) is 8.90. The third kappa shape index (κ3) is 6.26. The Morgan fingerprint density at radius 1 is 1.09 bits per heavy atom. The molecule has 13 heteroatoms. The van der Waals surface area contributed by atoms with Gasteiger partial charge in [-0.2, -0.15) is 9.03 Å². The van der Waals surface area contributed by atoms with Gasteiger partial charge < -0.3 is 14.8 Å². The summed E-state index contributed by atoms with van der Waals surface area (Å²) in [6.45, 7) is 2.83. The SMILES string of the molecule is COc1ccc(S(=O)(=O)N[C@H](C)C(=O)NCc2ccc(S(=O)(=O)N3CCOCC3)cc2)cc1Cl. The maximum Gasteiger partial charge on any atom is 0.243 e. The number of rotatable bonds is 9. The van der Waals surface area contributed by atoms with Crippen LogP contribution >= 0.6 is 11.6 Å². The second-order valence-electron chi connectivity index (χ2n) is 7.52. The van der Waals surface area contributed by atoms with Gasteiger partial charge in [0.1, 0.15) is 5.75 Å². The first kappa shape index (κ1) is 26.4. The number of carbonyl (C=O) groups excluding carboxylic acids is 1. The Kier molecular flexibility index (Phi) is 8.55. The van der Waals surface area contributed by atoms with Crippen LogP contribution in [0.1, 0.15) is 12.5 Å². The second kappa shape index (κ2) is 11.0. The van der Waals surface area contributed by atoms with E-state index in [2.05, 4.69) is 10.0 Å². The lowest BCUT2D eigenvalue weighted by atomic mass is 10.2. The molecule has 0 aliphatic carbocycles. The third-order valence-electron chi connectivity index (χ3n) is 5.16. The van der Waals surface area contributed by atoms with E-state index < -0.39 is 32.0 Å². The minimum Gasteiger partial charge on any atom is -0.495 e. The van der Waals surface area contributed by atoms with Crippen LogP contribution in [0, 0.1) is 0 Å². The maximum absolute atomic E-state index is 12.7. The number of benzene rings is 2. The molecule has 1 heterocycles. The number of morpholine rings is 1. The lowest BCUT2D eigenvalue weighted by Gasteiger charge is -2.26. The van der Waals surface area contributed by atoms with Crippen LogP contribution in [0.3, 0.4) is 0 Å². The Labute approximate surface area is 204 Å². The predicted octanol–water partition coefficient (Wildman–Crippen LogP) is 1.35. The van der Waals surface area contributed by atoms with Crippen molar-refractivity contribution in [3.05, 3.63) is 53.1 Å². The zero-order chi connectivity index (χ0) is 24.9. The van der Waals surface area contributed by atoms with Crippen molar-refractivity contribution < 1.29 is 31.1 Å². The highest BCUT2D eigenvalue weighted by Gasteiger charge is 2.26. The Morgan fingerprint density at radius 3 is 2.29 bits per heavy atom. The Bertz CT molecular complexity index is 1230. The highest BCUT2D eigenvalue weighted by molar-refractivity contribution is 7.89. The molecule has 34 heavy (non-hydrogen) atoms. The normalized spacial score (nSPS) is 16.1. The molecule has 1 amide bonds. The van der Waals surface area contributed by atoms with Crippen LogP contribution in [-0.2, 0) is 36.1 Å². The van der Waals surface area contributed by atoms with Gasteiger partial charge in [0, 0.05) is 19.6 Å². The molecule has 2 N–H and O–H groups in total. The zero-order valence-electron chi connectivity index (χ0n) is 18.7. The smallest absolute Gasteiger partial charge is 0.243 e. The molecule has 2 aromatic carbocycles. The van der Waals surface area contributed by atoms with Gasteiger partial charge in [-0.3, -0.25) is 4.79 Å². The summed E-state index contributed by atoms with van der Waals surface area (Å²) in [5.41, 5.74) is 0.659. The first-order valence-electron chi connectivity index (χ1n) is 10.3. The molecular weight excluding hydrogens is 506 g/mol. The molecule has 0 radical (unpaired) electrons. The zero-order valence-corrected chi connectivity index (χ0v) is 21.0. The van der Waals surface area contributed by atoms with Crippen molar-refractivity contribution in [2.45, 2.75) is 29.3 Å². The maximum atomic E-state index is 12.7. The van der Waals surface area contributed by atoms with Crippen LogP contribution < -0.4 is 14.8 Å². The number of amides is 1. The number of carbonyl (C=O) groups is 1. The fourth-order valence-electron chi connectivity index (χ4n) is 3.23. The summed E-state index contributed by atoms with van der Waals surface area (Å²) >= 11 is 5.99. The van der Waals surface area contributed by atoms with Gasteiger partial charge in [0.05, 0.1) is 41.2 Å². The monoisotopic (exact) mass is 531 g/mol. The number of nitrogens with zero attached hydrogens (tertiary/aromatic N) is 1. The summed E-state index contributed by atoms with van der Waals surface area (Å²) in [4.78, 5) is 12.5. The lowest BCUT2D eigenvalue weighted by molar-refractivity contribution is -0.122. The summed E-state index contributed by atoms with van der Waals surface area (Å²) in [5, 5.41) is 2.76. The molecule has 10 nitrogen and oxygen atoms in total. The van der Waals surface area contributed by atoms with Gasteiger partial charge in [-0.15, -0.1) is 0 Å². The van der Waals surface area contributed by atoms with E-state index in [0.717, 1.165) is 0 Å². The quantitative estimate of drug-likeness (QED) is 0.499. The van der Waals surface area contributed by atoms with Crippen molar-refractivity contribution in [3.63, 3.8) is 0 Å². The van der Waals surface area contributed by atoms with Gasteiger partial charge in [0.2, 0.25) is 26.0 Å². The van der Waals surface area contributed by atoms with Crippen LogP contribution in [0.2, 0.25) is 5.02 Å². The number of ether oxygens (including phenoxy) is 2. The van der Waals surface area contributed by atoms with E-state index in [-0.39, 0.29) is 21.4 Å². The van der Waals surface area contributed by atoms with Crippen LogP contribution in [0.25, 0.3) is 0 Å². The van der Waals surface area contributed by atoms with Crippen LogP contribution in [0.15, 0.2) is 52.3 Å². The highest BCUT2D eigenvalue weighted by Crippen LogP contribution is 2.27. The van der Waals surface area contributed by atoms with Gasteiger partial charge in [0.15, 0.2) is 0 Å². The molecule has 2 aromatic rings. The molecule has 1 saturated heterocycles. The fraction of sp³-hybridized carbons (Fsp3) is 0.381. The summed E-state index contributed by atoms with van der Waals surface area (Å²) in [7, 11) is -6.19. The van der Waals surface area contributed by atoms with Crippen LogP contribution in [0.4, 0.5) is 0 Å². The minimum absolute atomic E-state index is 0.0944. The number of nitrogens with one attached hydrogen (secondary N) is 2. The van der Waals surface area contributed by atoms with Crippen LogP contribution in [-0.4, -0.2) is 66.5 Å². The summed E-state index contributed by atoms with van der Waals surface area (Å²) in [6, 6.07) is 9.07. The average molecular weight is 532 g/mol. The number of hydrogen-bond donors (Lipinski definition) is 2. The summed E-state index contributed by atoms with van der Waals surface area (Å²) in [5.74, 6) is -0.219. The molecule has 0 bridgehead atoms.